The summed E-state index contributed by atoms with van der Waals surface area (Å²) in [4.78, 5) is 1.00. The van der Waals surface area contributed by atoms with Crippen molar-refractivity contribution in [2.24, 2.45) is 0 Å². The first-order valence-electron chi connectivity index (χ1n) is 3.00. The predicted molar refractivity (Wildman–Crippen MR) is 53.2 cm³/mol. The molecule has 2 heterocycles. The average molecular weight is 237 g/mol. The van der Waals surface area contributed by atoms with Crippen LogP contribution in [0.4, 0.5) is 0 Å². The zero-order valence-corrected chi connectivity index (χ0v) is 8.77. The van der Waals surface area contributed by atoms with E-state index in [1.165, 1.54) is 22.7 Å². The van der Waals surface area contributed by atoms with Gasteiger partial charge in [0.25, 0.3) is 0 Å². The van der Waals surface area contributed by atoms with Gasteiger partial charge in [-0.1, -0.05) is 22.9 Å². The first kappa shape index (κ1) is 8.44. The van der Waals surface area contributed by atoms with Crippen LogP contribution in [0.5, 0.6) is 0 Å². The van der Waals surface area contributed by atoms with Gasteiger partial charge in [0.2, 0.25) is 4.47 Å². The van der Waals surface area contributed by atoms with E-state index in [1.54, 1.807) is 0 Å². The lowest BCUT2D eigenvalue weighted by Crippen LogP contribution is -1.68. The summed E-state index contributed by atoms with van der Waals surface area (Å²) in [6.07, 6.45) is 0. The fourth-order valence-electron chi connectivity index (χ4n) is 0.734. The predicted octanol–water partition coefficient (Wildman–Crippen LogP) is 3.57. The van der Waals surface area contributed by atoms with Crippen molar-refractivity contribution in [3.05, 3.63) is 20.9 Å². The molecule has 0 N–H and O–H groups in total. The van der Waals surface area contributed by atoms with Crippen LogP contribution in [0, 0.1) is 0 Å². The summed E-state index contributed by atoms with van der Waals surface area (Å²) in [5, 5.41) is 8.40. The van der Waals surface area contributed by atoms with E-state index < -0.39 is 0 Å². The molecular formula is C6H2Cl2N2S2. The number of hydrogen-bond acceptors (Lipinski definition) is 4. The van der Waals surface area contributed by atoms with Crippen molar-refractivity contribution in [1.29, 1.82) is 0 Å². The first-order valence-corrected chi connectivity index (χ1v) is 5.39. The fraction of sp³-hybridized carbons (Fsp3) is 0. The van der Waals surface area contributed by atoms with Crippen molar-refractivity contribution < 1.29 is 0 Å². The van der Waals surface area contributed by atoms with E-state index in [1.807, 2.05) is 12.1 Å². The average Bonchev–Trinajstić information content (AvgIpc) is 2.58. The highest BCUT2D eigenvalue weighted by molar-refractivity contribution is 7.25. The van der Waals surface area contributed by atoms with E-state index >= 15 is 0 Å². The number of nitrogens with zero attached hydrogens (tertiary/aromatic N) is 2. The molecule has 2 nitrogen and oxygen atoms in total. The molecule has 0 aliphatic rings. The minimum atomic E-state index is 0.453. The molecule has 62 valence electrons. The normalized spacial score (nSPS) is 10.5. The van der Waals surface area contributed by atoms with Gasteiger partial charge in [-0.15, -0.1) is 21.5 Å². The number of aromatic nitrogens is 2. The van der Waals surface area contributed by atoms with Gasteiger partial charge in [-0.2, -0.15) is 0 Å². The van der Waals surface area contributed by atoms with E-state index in [9.17, 15) is 0 Å². The lowest BCUT2D eigenvalue weighted by molar-refractivity contribution is 1.10. The Kier molecular flexibility index (Phi) is 2.32. The molecule has 12 heavy (non-hydrogen) atoms. The molecule has 0 aromatic carbocycles. The quantitative estimate of drug-likeness (QED) is 0.757. The standard InChI is InChI=1S/C6H2Cl2N2S2/c7-4-2-1-3(11-4)5-9-10-6(8)12-5/h1-2H. The molecule has 0 aliphatic heterocycles. The molecule has 0 unspecified atom stereocenters. The third kappa shape index (κ3) is 1.61. The third-order valence-electron chi connectivity index (χ3n) is 1.18. The maximum atomic E-state index is 5.76. The van der Waals surface area contributed by atoms with E-state index in [-0.39, 0.29) is 0 Å². The summed E-state index contributed by atoms with van der Waals surface area (Å²) in [6.45, 7) is 0. The summed E-state index contributed by atoms with van der Waals surface area (Å²) in [5.74, 6) is 0. The Balaban J connectivity index is 2.43. The smallest absolute Gasteiger partial charge is 0.136 e. The van der Waals surface area contributed by atoms with Crippen LogP contribution < -0.4 is 0 Å². The molecule has 6 heteroatoms. The monoisotopic (exact) mass is 236 g/mol. The number of rotatable bonds is 1. The van der Waals surface area contributed by atoms with Crippen molar-refractivity contribution >= 4 is 45.9 Å². The molecule has 0 amide bonds. The highest BCUT2D eigenvalue weighted by atomic mass is 35.5. The summed E-state index contributed by atoms with van der Waals surface area (Å²) in [7, 11) is 0. The van der Waals surface area contributed by atoms with Crippen LogP contribution in [0.25, 0.3) is 9.88 Å². The molecule has 2 aromatic heterocycles. The topological polar surface area (TPSA) is 25.8 Å². The van der Waals surface area contributed by atoms with Gasteiger partial charge < -0.3 is 0 Å². The molecule has 2 rings (SSSR count). The van der Waals surface area contributed by atoms with Crippen molar-refractivity contribution in [3.63, 3.8) is 0 Å². The minimum Gasteiger partial charge on any atom is -0.136 e. The Morgan fingerprint density at radius 3 is 2.42 bits per heavy atom. The maximum Gasteiger partial charge on any atom is 0.207 e. The highest BCUT2D eigenvalue weighted by Gasteiger charge is 2.06. The van der Waals surface area contributed by atoms with E-state index in [0.717, 1.165) is 14.2 Å². The largest absolute Gasteiger partial charge is 0.207 e. The highest BCUT2D eigenvalue weighted by Crippen LogP contribution is 2.33. The Morgan fingerprint density at radius 1 is 1.08 bits per heavy atom. The first-order chi connectivity index (χ1) is 5.75. The van der Waals surface area contributed by atoms with Crippen LogP contribution >= 0.6 is 45.9 Å². The van der Waals surface area contributed by atoms with Gasteiger partial charge in [-0.05, 0) is 23.7 Å². The molecule has 0 radical (unpaired) electrons. The Hall–Kier alpha value is -0.160. The van der Waals surface area contributed by atoms with Gasteiger partial charge in [0.05, 0.1) is 9.21 Å². The lowest BCUT2D eigenvalue weighted by Gasteiger charge is -1.82. The van der Waals surface area contributed by atoms with Crippen LogP contribution in [0.15, 0.2) is 12.1 Å². The molecule has 0 aliphatic carbocycles. The van der Waals surface area contributed by atoms with E-state index in [2.05, 4.69) is 10.2 Å². The second-order valence-electron chi connectivity index (χ2n) is 1.96. The number of thiophene rings is 1. The summed E-state index contributed by atoms with van der Waals surface area (Å²) in [5.41, 5.74) is 0. The van der Waals surface area contributed by atoms with Crippen LogP contribution in [-0.4, -0.2) is 10.2 Å². The van der Waals surface area contributed by atoms with Gasteiger partial charge >= 0.3 is 0 Å². The van der Waals surface area contributed by atoms with Gasteiger partial charge in [-0.25, -0.2) is 0 Å². The SMILES string of the molecule is Clc1ccc(-c2nnc(Cl)s2)s1. The van der Waals surface area contributed by atoms with Crippen molar-refractivity contribution in [2.75, 3.05) is 0 Å². The van der Waals surface area contributed by atoms with Crippen molar-refractivity contribution in [1.82, 2.24) is 10.2 Å². The molecule has 0 saturated heterocycles. The van der Waals surface area contributed by atoms with Gasteiger partial charge in [0, 0.05) is 0 Å². The van der Waals surface area contributed by atoms with Crippen LogP contribution in [-0.2, 0) is 0 Å². The molecule has 0 atom stereocenters. The van der Waals surface area contributed by atoms with Crippen LogP contribution in [0.2, 0.25) is 8.80 Å². The van der Waals surface area contributed by atoms with Crippen LogP contribution in [0.1, 0.15) is 0 Å². The molecule has 0 fully saturated rings. The van der Waals surface area contributed by atoms with E-state index in [0.29, 0.717) is 4.47 Å². The van der Waals surface area contributed by atoms with Crippen molar-refractivity contribution in [3.8, 4) is 9.88 Å². The third-order valence-corrected chi connectivity index (χ3v) is 3.60. The minimum absolute atomic E-state index is 0.453. The molecular weight excluding hydrogens is 235 g/mol. The number of hydrogen-bond donors (Lipinski definition) is 0. The van der Waals surface area contributed by atoms with Crippen molar-refractivity contribution in [2.45, 2.75) is 0 Å². The Morgan fingerprint density at radius 2 is 1.92 bits per heavy atom. The zero-order valence-electron chi connectivity index (χ0n) is 5.62. The second kappa shape index (κ2) is 3.30. The van der Waals surface area contributed by atoms with Crippen LogP contribution in [0.3, 0.4) is 0 Å². The summed E-state index contributed by atoms with van der Waals surface area (Å²) < 4.78 is 1.20. The van der Waals surface area contributed by atoms with E-state index in [4.69, 9.17) is 23.2 Å². The Bertz CT molecular complexity index is 357. The molecule has 0 saturated carbocycles. The molecule has 0 bridgehead atoms. The Labute approximate surface area is 86.8 Å². The second-order valence-corrected chi connectivity index (χ2v) is 5.24. The zero-order chi connectivity index (χ0) is 8.55. The van der Waals surface area contributed by atoms with Gasteiger partial charge in [-0.3, -0.25) is 0 Å². The molecule has 0 spiro atoms. The molecule has 2 aromatic rings. The lowest BCUT2D eigenvalue weighted by atomic mass is 10.5. The van der Waals surface area contributed by atoms with Gasteiger partial charge in [0.1, 0.15) is 0 Å². The van der Waals surface area contributed by atoms with Gasteiger partial charge in [0.15, 0.2) is 5.01 Å². The number of halogens is 2. The summed E-state index contributed by atoms with van der Waals surface area (Å²) >= 11 is 14.2. The summed E-state index contributed by atoms with van der Waals surface area (Å²) in [6, 6.07) is 3.74. The maximum absolute atomic E-state index is 5.76. The fourth-order valence-corrected chi connectivity index (χ4v) is 2.66.